The van der Waals surface area contributed by atoms with Crippen molar-refractivity contribution in [3.05, 3.63) is 89.1 Å². The molecule has 1 aliphatic heterocycles. The molecule has 0 fully saturated rings. The Kier molecular flexibility index (Phi) is 20.7. The number of anilines is 1. The van der Waals surface area contributed by atoms with Gasteiger partial charge >= 0.3 is 0 Å². The Morgan fingerprint density at radius 3 is 2.23 bits per heavy atom. The van der Waals surface area contributed by atoms with Gasteiger partial charge in [0.25, 0.3) is 17.7 Å². The molecule has 0 spiro atoms. The molecule has 20 nitrogen and oxygen atoms in total. The summed E-state index contributed by atoms with van der Waals surface area (Å²) in [4.78, 5) is 92.8. The summed E-state index contributed by atoms with van der Waals surface area (Å²) in [5, 5.41) is 4.77. The molecule has 0 bridgehead atoms. The van der Waals surface area contributed by atoms with Crippen LogP contribution in [0.1, 0.15) is 91.3 Å². The van der Waals surface area contributed by atoms with E-state index in [0.29, 0.717) is 65.9 Å². The van der Waals surface area contributed by atoms with Crippen LogP contribution >= 0.6 is 11.8 Å². The van der Waals surface area contributed by atoms with E-state index in [9.17, 15) is 24.0 Å². The van der Waals surface area contributed by atoms with Crippen LogP contribution in [-0.4, -0.2) is 115 Å². The molecule has 0 saturated heterocycles. The van der Waals surface area contributed by atoms with Crippen molar-refractivity contribution in [1.29, 1.82) is 0 Å². The fraction of sp³-hybridized carbons (Fsp3) is 0.388. The number of aryl methyl sites for hydroxylation is 3. The average molecular weight is 982 g/mol. The normalized spacial score (nSPS) is 11.8. The van der Waals surface area contributed by atoms with E-state index in [-0.39, 0.29) is 61.5 Å². The predicted molar refractivity (Wildman–Crippen MR) is 271 cm³/mol. The maximum atomic E-state index is 13.8. The number of aromatic nitrogens is 6. The van der Waals surface area contributed by atoms with Gasteiger partial charge in [0.15, 0.2) is 5.89 Å². The molecular formula is C49H63N11O9S. The summed E-state index contributed by atoms with van der Waals surface area (Å²) in [5.74, 6) is 0.510. The van der Waals surface area contributed by atoms with E-state index in [1.807, 2.05) is 72.2 Å². The van der Waals surface area contributed by atoms with Gasteiger partial charge in [-0.25, -0.2) is 19.9 Å². The Morgan fingerprint density at radius 2 is 1.60 bits per heavy atom. The van der Waals surface area contributed by atoms with Gasteiger partial charge in [-0.1, -0.05) is 46.8 Å². The molecule has 0 unspecified atom stereocenters. The number of fused-ring (bicyclic) bond motifs is 4. The monoisotopic (exact) mass is 981 g/mol. The van der Waals surface area contributed by atoms with E-state index >= 15 is 0 Å². The minimum Gasteiger partial charge on any atom is -0.495 e. The Labute approximate surface area is 410 Å². The van der Waals surface area contributed by atoms with Crippen molar-refractivity contribution in [1.82, 2.24) is 38.9 Å². The fourth-order valence-electron chi connectivity index (χ4n) is 7.49. The van der Waals surface area contributed by atoms with E-state index in [2.05, 4.69) is 31.7 Å². The smallest absolute Gasteiger partial charge is 0.295 e. The summed E-state index contributed by atoms with van der Waals surface area (Å²) < 4.78 is 21.7. The third kappa shape index (κ3) is 12.9. The fourth-order valence-corrected chi connectivity index (χ4v) is 7.89. The van der Waals surface area contributed by atoms with E-state index in [1.54, 1.807) is 37.4 Å². The minimum absolute atomic E-state index is 0.0185. The van der Waals surface area contributed by atoms with Crippen LogP contribution in [0.2, 0.25) is 0 Å². The third-order valence-corrected chi connectivity index (χ3v) is 11.1. The number of rotatable bonds is 19. The number of imide groups is 1. The number of benzene rings is 2. The van der Waals surface area contributed by atoms with Crippen LogP contribution in [0.4, 0.5) is 5.95 Å². The molecule has 374 valence electrons. The molecule has 7 rings (SSSR count). The number of primary amides is 2. The molecule has 1 aliphatic rings. The highest BCUT2D eigenvalue weighted by Crippen LogP contribution is 2.36. The molecule has 21 heteroatoms. The van der Waals surface area contributed by atoms with Gasteiger partial charge in [0.2, 0.25) is 29.9 Å². The predicted octanol–water partition coefficient (Wildman–Crippen LogP) is 6.28. The molecule has 6 aromatic rings. The second-order valence-electron chi connectivity index (χ2n) is 15.0. The summed E-state index contributed by atoms with van der Waals surface area (Å²) in [5.41, 5.74) is 14.1. The quantitative estimate of drug-likeness (QED) is 0.0349. The van der Waals surface area contributed by atoms with E-state index < -0.39 is 23.6 Å². The number of oxazole rings is 1. The number of nitrogens with zero attached hydrogens (tertiary/aromatic N) is 8. The first-order chi connectivity index (χ1) is 33.7. The number of methoxy groups -OCH3 is 1. The highest BCUT2D eigenvalue weighted by Gasteiger charge is 2.26. The number of carbonyl (C=O) groups is 6. The summed E-state index contributed by atoms with van der Waals surface area (Å²) in [6.45, 7) is 14.6. The van der Waals surface area contributed by atoms with Crippen LogP contribution < -0.4 is 26.3 Å². The molecule has 5 heterocycles. The summed E-state index contributed by atoms with van der Waals surface area (Å²) >= 11 is 1.64. The maximum absolute atomic E-state index is 13.8. The highest BCUT2D eigenvalue weighted by atomic mass is 32.2. The number of thioether (sulfide) groups is 1. The third-order valence-electron chi connectivity index (χ3n) is 10.5. The zero-order valence-corrected chi connectivity index (χ0v) is 42.3. The average Bonchev–Trinajstić information content (AvgIpc) is 4.09. The van der Waals surface area contributed by atoms with Gasteiger partial charge in [-0.15, -0.1) is 0 Å². The van der Waals surface area contributed by atoms with Crippen molar-refractivity contribution < 1.29 is 42.7 Å². The first-order valence-electron chi connectivity index (χ1n) is 22.9. The minimum atomic E-state index is -0.705. The lowest BCUT2D eigenvalue weighted by Crippen LogP contribution is -2.36. The van der Waals surface area contributed by atoms with Crippen molar-refractivity contribution in [2.45, 2.75) is 86.6 Å². The lowest BCUT2D eigenvalue weighted by Gasteiger charge is -2.19. The van der Waals surface area contributed by atoms with Gasteiger partial charge in [-0.3, -0.25) is 39.0 Å². The lowest BCUT2D eigenvalue weighted by molar-refractivity contribution is -0.138. The van der Waals surface area contributed by atoms with Crippen molar-refractivity contribution in [2.24, 2.45) is 11.5 Å². The number of nitrogens with one attached hydrogen (secondary N) is 1. The van der Waals surface area contributed by atoms with Gasteiger partial charge in [0, 0.05) is 81.3 Å². The molecule has 0 saturated carbocycles. The number of nitrogens with two attached hydrogens (primary N) is 2. The van der Waals surface area contributed by atoms with Crippen LogP contribution in [0, 0.1) is 13.8 Å². The number of amides is 6. The van der Waals surface area contributed by atoms with E-state index in [1.165, 1.54) is 29.2 Å². The zero-order chi connectivity index (χ0) is 51.7. The van der Waals surface area contributed by atoms with Crippen molar-refractivity contribution in [3.8, 4) is 11.5 Å². The Morgan fingerprint density at radius 1 is 0.929 bits per heavy atom. The van der Waals surface area contributed by atoms with Crippen LogP contribution in [0.15, 0.2) is 59.2 Å². The molecule has 5 N–H and O–H groups in total. The second-order valence-corrected chi connectivity index (χ2v) is 15.9. The topological polar surface area (TPSA) is 266 Å². The molecule has 4 aromatic heterocycles. The summed E-state index contributed by atoms with van der Waals surface area (Å²) in [6.07, 6.45) is 11.2. The molecule has 0 radical (unpaired) electrons. The van der Waals surface area contributed by atoms with Gasteiger partial charge in [0.1, 0.15) is 28.5 Å². The SMILES string of the molecule is CC.CC.CCc1nc(C)oc1C(=O)Nc1nc2cc(C(N)=O)cc(OCCCN(C)C(=O)CCN3C(=O)C=CC3=O)c2n1C/C=C/Cn1c2nc(CSC)ncc2c2cc(C)cc(OC)c21.NC=O. The van der Waals surface area contributed by atoms with Gasteiger partial charge < -0.3 is 39.4 Å². The van der Waals surface area contributed by atoms with Crippen molar-refractivity contribution >= 4 is 86.6 Å². The molecule has 0 atom stereocenters. The lowest BCUT2D eigenvalue weighted by atomic mass is 10.1. The Hall–Kier alpha value is -7.55. The van der Waals surface area contributed by atoms with Crippen LogP contribution in [-0.2, 0) is 44.4 Å². The maximum Gasteiger partial charge on any atom is 0.295 e. The zero-order valence-electron chi connectivity index (χ0n) is 41.5. The summed E-state index contributed by atoms with van der Waals surface area (Å²) in [6, 6.07) is 7.15. The Bertz CT molecular complexity index is 2880. The molecule has 70 heavy (non-hydrogen) atoms. The Balaban J connectivity index is 0.00000145. The first kappa shape index (κ1) is 55.0. The largest absolute Gasteiger partial charge is 0.495 e. The standard InChI is InChI=1S/C44H48N10O8S.2C2H6.CH3NO/c1-7-30-40(62-26(3)47-30)43(59)50-44-48-31-21-27(41(45)58)22-33(61-18-10-14-51(4)35(55)13-17-52-36(56)11-12-37(52)57)39(31)54(44)16-9-8-15-53-38-28(19-25(2)20-32(38)60-5)29-23-46-34(24-63-6)49-42(29)53;2*1-2;2-1-3/h8-9,11-12,19-23H,7,10,13-18,24H2,1-6H3,(H2,45,58)(H,48,50,59);2*1-2H3;1H,(H2,2,3)/b9-8+;;;. The highest BCUT2D eigenvalue weighted by molar-refractivity contribution is 7.97. The van der Waals surface area contributed by atoms with Crippen LogP contribution in [0.3, 0.4) is 0 Å². The molecule has 6 amide bonds. The van der Waals surface area contributed by atoms with E-state index in [0.717, 1.165) is 32.4 Å². The number of ether oxygens (including phenoxy) is 2. The second kappa shape index (κ2) is 26.3. The van der Waals surface area contributed by atoms with Crippen LogP contribution in [0.5, 0.6) is 11.5 Å². The number of hydrogen-bond acceptors (Lipinski definition) is 14. The number of carbonyl (C=O) groups excluding carboxylic acids is 6. The number of imidazole rings is 1. The number of hydrogen-bond donors (Lipinski definition) is 3. The molecular weight excluding hydrogens is 919 g/mol. The number of allylic oxidation sites excluding steroid dienone is 2. The van der Waals surface area contributed by atoms with Crippen molar-refractivity contribution in [3.63, 3.8) is 0 Å². The van der Waals surface area contributed by atoms with E-state index in [4.69, 9.17) is 34.4 Å². The first-order valence-corrected chi connectivity index (χ1v) is 24.3. The van der Waals surface area contributed by atoms with Gasteiger partial charge in [-0.05, 0) is 55.9 Å². The van der Waals surface area contributed by atoms with Gasteiger partial charge in [0.05, 0.1) is 36.2 Å². The van der Waals surface area contributed by atoms with Crippen molar-refractivity contribution in [2.75, 3.05) is 45.4 Å². The summed E-state index contributed by atoms with van der Waals surface area (Å²) in [7, 11) is 3.27. The molecule has 0 aliphatic carbocycles. The molecule has 2 aromatic carbocycles. The van der Waals surface area contributed by atoms with Crippen LogP contribution in [0.25, 0.3) is 33.0 Å². The van der Waals surface area contributed by atoms with Gasteiger partial charge in [-0.2, -0.15) is 11.8 Å².